The highest BCUT2D eigenvalue weighted by Crippen LogP contribution is 2.30. The summed E-state index contributed by atoms with van der Waals surface area (Å²) in [6.07, 6.45) is 4.75. The largest absolute Gasteiger partial charge is 0.340 e. The maximum absolute atomic E-state index is 11.5. The molecule has 0 aliphatic carbocycles. The number of sulfonamides is 1. The molecular formula is C27H22N4O2S. The highest BCUT2D eigenvalue weighted by Gasteiger charge is 2.08. The second-order valence-electron chi connectivity index (χ2n) is 7.97. The van der Waals surface area contributed by atoms with Gasteiger partial charge in [-0.3, -0.25) is 9.71 Å². The Labute approximate surface area is 198 Å². The quantitative estimate of drug-likeness (QED) is 0.317. The Morgan fingerprint density at radius 2 is 1.47 bits per heavy atom. The smallest absolute Gasteiger partial charge is 0.229 e. The van der Waals surface area contributed by atoms with E-state index in [1.165, 1.54) is 0 Å². The van der Waals surface area contributed by atoms with E-state index in [9.17, 15) is 8.42 Å². The molecule has 0 amide bonds. The van der Waals surface area contributed by atoms with Crippen molar-refractivity contribution < 1.29 is 8.42 Å². The third kappa shape index (κ3) is 4.89. The molecule has 2 aromatic heterocycles. The Hall–Kier alpha value is -4.23. The maximum atomic E-state index is 11.5. The first-order chi connectivity index (χ1) is 16.4. The first-order valence-corrected chi connectivity index (χ1v) is 12.6. The van der Waals surface area contributed by atoms with Crippen LogP contribution in [0, 0.1) is 0 Å². The van der Waals surface area contributed by atoms with Gasteiger partial charge >= 0.3 is 0 Å². The van der Waals surface area contributed by atoms with E-state index in [-0.39, 0.29) is 0 Å². The van der Waals surface area contributed by atoms with Gasteiger partial charge in [-0.2, -0.15) is 0 Å². The van der Waals surface area contributed by atoms with Crippen molar-refractivity contribution in [3.63, 3.8) is 0 Å². The predicted molar refractivity (Wildman–Crippen MR) is 139 cm³/mol. The average molecular weight is 467 g/mol. The van der Waals surface area contributed by atoms with Crippen molar-refractivity contribution in [2.24, 2.45) is 0 Å². The van der Waals surface area contributed by atoms with E-state index < -0.39 is 10.0 Å². The zero-order valence-corrected chi connectivity index (χ0v) is 19.3. The summed E-state index contributed by atoms with van der Waals surface area (Å²) >= 11 is 0. The second-order valence-corrected chi connectivity index (χ2v) is 9.72. The zero-order chi connectivity index (χ0) is 23.5. The molecule has 0 fully saturated rings. The lowest BCUT2D eigenvalue weighted by Crippen LogP contribution is -2.09. The minimum absolute atomic E-state index is 0.520. The topological polar surface area (TPSA) is 84.0 Å². The molecule has 6 nitrogen and oxygen atoms in total. The molecule has 5 rings (SSSR count). The molecule has 3 aromatic carbocycles. The van der Waals surface area contributed by atoms with Crippen LogP contribution in [-0.2, 0) is 10.0 Å². The monoisotopic (exact) mass is 466 g/mol. The van der Waals surface area contributed by atoms with Gasteiger partial charge in [0.15, 0.2) is 0 Å². The summed E-state index contributed by atoms with van der Waals surface area (Å²) in [6, 6.07) is 29.4. The van der Waals surface area contributed by atoms with Crippen molar-refractivity contribution in [1.82, 2.24) is 9.97 Å². The molecule has 0 radical (unpaired) electrons. The molecule has 0 saturated carbocycles. The van der Waals surface area contributed by atoms with Crippen LogP contribution in [-0.4, -0.2) is 24.6 Å². The molecule has 34 heavy (non-hydrogen) atoms. The van der Waals surface area contributed by atoms with Gasteiger partial charge in [-0.1, -0.05) is 48.5 Å². The second kappa shape index (κ2) is 8.96. The lowest BCUT2D eigenvalue weighted by molar-refractivity contribution is 0.607. The molecule has 0 atom stereocenters. The standard InChI is InChI=1S/C27H22N4O2S/c1-34(32,33)31-23-12-10-20(11-13-23)22-16-24-25(29-18-22)8-5-9-26(24)30-27-17-21(14-15-28-27)19-6-3-2-4-7-19/h2-18,31H,1H3,(H,28,30). The van der Waals surface area contributed by atoms with Crippen LogP contribution in [0.4, 0.5) is 17.2 Å². The van der Waals surface area contributed by atoms with Crippen LogP contribution in [0.25, 0.3) is 33.2 Å². The average Bonchev–Trinajstić information content (AvgIpc) is 2.84. The molecule has 0 aliphatic rings. The molecule has 0 spiro atoms. The Bertz CT molecular complexity index is 1570. The number of benzene rings is 3. The van der Waals surface area contributed by atoms with Gasteiger partial charge in [-0.15, -0.1) is 0 Å². The fourth-order valence-electron chi connectivity index (χ4n) is 3.81. The van der Waals surface area contributed by atoms with E-state index in [1.807, 2.05) is 66.9 Å². The predicted octanol–water partition coefficient (Wildman–Crippen LogP) is 6.08. The van der Waals surface area contributed by atoms with Crippen molar-refractivity contribution in [1.29, 1.82) is 0 Å². The molecule has 2 N–H and O–H groups in total. The fourth-order valence-corrected chi connectivity index (χ4v) is 4.37. The number of nitrogens with one attached hydrogen (secondary N) is 2. The number of fused-ring (bicyclic) bond motifs is 1. The summed E-state index contributed by atoms with van der Waals surface area (Å²) in [7, 11) is -3.32. The number of anilines is 3. The van der Waals surface area contributed by atoms with Crippen molar-refractivity contribution in [3.05, 3.63) is 103 Å². The normalized spacial score (nSPS) is 11.3. The van der Waals surface area contributed by atoms with Gasteiger partial charge in [0.25, 0.3) is 0 Å². The van der Waals surface area contributed by atoms with Crippen LogP contribution in [0.1, 0.15) is 0 Å². The summed E-state index contributed by atoms with van der Waals surface area (Å²) in [5, 5.41) is 4.41. The van der Waals surface area contributed by atoms with E-state index in [0.717, 1.165) is 50.9 Å². The number of rotatable bonds is 6. The van der Waals surface area contributed by atoms with Gasteiger partial charge < -0.3 is 5.32 Å². The zero-order valence-electron chi connectivity index (χ0n) is 18.4. The Morgan fingerprint density at radius 3 is 2.24 bits per heavy atom. The number of pyridine rings is 2. The Morgan fingerprint density at radius 1 is 0.706 bits per heavy atom. The first kappa shape index (κ1) is 21.6. The van der Waals surface area contributed by atoms with Crippen LogP contribution >= 0.6 is 0 Å². The van der Waals surface area contributed by atoms with Crippen LogP contribution in [0.15, 0.2) is 103 Å². The van der Waals surface area contributed by atoms with Crippen molar-refractivity contribution in [2.45, 2.75) is 0 Å². The highest BCUT2D eigenvalue weighted by molar-refractivity contribution is 7.92. The van der Waals surface area contributed by atoms with Gasteiger partial charge in [-0.05, 0) is 59.2 Å². The summed E-state index contributed by atoms with van der Waals surface area (Å²) in [6.45, 7) is 0. The number of hydrogen-bond acceptors (Lipinski definition) is 5. The van der Waals surface area contributed by atoms with Crippen LogP contribution < -0.4 is 10.0 Å². The maximum Gasteiger partial charge on any atom is 0.229 e. The first-order valence-electron chi connectivity index (χ1n) is 10.7. The molecule has 0 aliphatic heterocycles. The molecule has 168 valence electrons. The van der Waals surface area contributed by atoms with Gasteiger partial charge in [0.05, 0.1) is 11.8 Å². The van der Waals surface area contributed by atoms with E-state index >= 15 is 0 Å². The lowest BCUT2D eigenvalue weighted by atomic mass is 10.0. The molecule has 0 unspecified atom stereocenters. The number of aromatic nitrogens is 2. The Balaban J connectivity index is 1.47. The summed E-state index contributed by atoms with van der Waals surface area (Å²) < 4.78 is 25.4. The van der Waals surface area contributed by atoms with Gasteiger partial charge in [0, 0.05) is 34.7 Å². The minimum atomic E-state index is -3.32. The van der Waals surface area contributed by atoms with Gasteiger partial charge in [0.1, 0.15) is 5.82 Å². The van der Waals surface area contributed by atoms with Crippen LogP contribution in [0.2, 0.25) is 0 Å². The van der Waals surface area contributed by atoms with Crippen molar-refractivity contribution >= 4 is 38.1 Å². The summed E-state index contributed by atoms with van der Waals surface area (Å²) in [4.78, 5) is 9.13. The molecule has 0 saturated heterocycles. The van der Waals surface area contributed by atoms with Gasteiger partial charge in [0.2, 0.25) is 10.0 Å². The molecular weight excluding hydrogens is 444 g/mol. The van der Waals surface area contributed by atoms with E-state index in [4.69, 9.17) is 0 Å². The van der Waals surface area contributed by atoms with E-state index in [0.29, 0.717) is 5.69 Å². The SMILES string of the molecule is CS(=O)(=O)Nc1ccc(-c2cnc3cccc(Nc4cc(-c5ccccc5)ccn4)c3c2)cc1. The molecule has 7 heteroatoms. The molecule has 0 bridgehead atoms. The number of hydrogen-bond donors (Lipinski definition) is 2. The van der Waals surface area contributed by atoms with Crippen LogP contribution in [0.3, 0.4) is 0 Å². The van der Waals surface area contributed by atoms with Crippen LogP contribution in [0.5, 0.6) is 0 Å². The minimum Gasteiger partial charge on any atom is -0.340 e. The van der Waals surface area contributed by atoms with Crippen molar-refractivity contribution in [3.8, 4) is 22.3 Å². The fraction of sp³-hybridized carbons (Fsp3) is 0.0370. The molecule has 2 heterocycles. The third-order valence-electron chi connectivity index (χ3n) is 5.38. The van der Waals surface area contributed by atoms with Gasteiger partial charge in [-0.25, -0.2) is 13.4 Å². The third-order valence-corrected chi connectivity index (χ3v) is 5.98. The number of nitrogens with zero attached hydrogens (tertiary/aromatic N) is 2. The van der Waals surface area contributed by atoms with E-state index in [2.05, 4.69) is 38.2 Å². The summed E-state index contributed by atoms with van der Waals surface area (Å²) in [5.41, 5.74) is 6.37. The Kier molecular flexibility index (Phi) is 5.69. The summed E-state index contributed by atoms with van der Waals surface area (Å²) in [5.74, 6) is 0.746. The van der Waals surface area contributed by atoms with Crippen molar-refractivity contribution in [2.75, 3.05) is 16.3 Å². The highest BCUT2D eigenvalue weighted by atomic mass is 32.2. The molecule has 5 aromatic rings. The van der Waals surface area contributed by atoms with E-state index in [1.54, 1.807) is 18.3 Å². The lowest BCUT2D eigenvalue weighted by Gasteiger charge is -2.12.